The van der Waals surface area contributed by atoms with E-state index in [0.29, 0.717) is 5.56 Å². The normalized spacial score (nSPS) is 8.69. The lowest BCUT2D eigenvalue weighted by atomic mass is 10.1. The number of aryl methyl sites for hydroxylation is 1. The average Bonchev–Trinajstić information content (AvgIpc) is 2.20. The SMILES string of the molecule is CC.COc1ccc(CF)cc1C. The number of benzene rings is 1. The predicted octanol–water partition coefficient (Wildman–Crippen LogP) is 3.50. The molecule has 0 bridgehead atoms. The summed E-state index contributed by atoms with van der Waals surface area (Å²) in [7, 11) is 1.61. The lowest BCUT2D eigenvalue weighted by Gasteiger charge is -2.04. The maximum absolute atomic E-state index is 12.1. The summed E-state index contributed by atoms with van der Waals surface area (Å²) < 4.78 is 17.1. The zero-order valence-corrected chi connectivity index (χ0v) is 8.73. The number of ether oxygens (including phenoxy) is 1. The van der Waals surface area contributed by atoms with Gasteiger partial charge in [0.2, 0.25) is 0 Å². The summed E-state index contributed by atoms with van der Waals surface area (Å²) in [4.78, 5) is 0. The number of methoxy groups -OCH3 is 1. The van der Waals surface area contributed by atoms with Crippen molar-refractivity contribution >= 4 is 0 Å². The maximum Gasteiger partial charge on any atom is 0.121 e. The maximum atomic E-state index is 12.1. The second-order valence-corrected chi connectivity index (χ2v) is 2.44. The van der Waals surface area contributed by atoms with Crippen LogP contribution in [0.25, 0.3) is 0 Å². The molecule has 1 aromatic carbocycles. The van der Waals surface area contributed by atoms with E-state index in [1.165, 1.54) is 0 Å². The summed E-state index contributed by atoms with van der Waals surface area (Å²) in [6.45, 7) is 5.49. The van der Waals surface area contributed by atoms with Crippen molar-refractivity contribution in [3.8, 4) is 5.75 Å². The van der Waals surface area contributed by atoms with Crippen molar-refractivity contribution in [2.45, 2.75) is 27.4 Å². The van der Waals surface area contributed by atoms with Gasteiger partial charge in [-0.15, -0.1) is 0 Å². The second kappa shape index (κ2) is 6.46. The molecule has 74 valence electrons. The highest BCUT2D eigenvalue weighted by Gasteiger charge is 1.98. The van der Waals surface area contributed by atoms with Gasteiger partial charge in [0.25, 0.3) is 0 Å². The van der Waals surface area contributed by atoms with Crippen LogP contribution in [-0.4, -0.2) is 7.11 Å². The third kappa shape index (κ3) is 3.45. The van der Waals surface area contributed by atoms with Crippen LogP contribution >= 0.6 is 0 Å². The van der Waals surface area contributed by atoms with Crippen LogP contribution in [0.2, 0.25) is 0 Å². The van der Waals surface area contributed by atoms with Gasteiger partial charge >= 0.3 is 0 Å². The van der Waals surface area contributed by atoms with E-state index in [2.05, 4.69) is 0 Å². The van der Waals surface area contributed by atoms with Gasteiger partial charge in [-0.05, 0) is 30.2 Å². The highest BCUT2D eigenvalue weighted by molar-refractivity contribution is 5.35. The first-order chi connectivity index (χ1) is 6.27. The minimum atomic E-state index is -0.412. The Balaban J connectivity index is 0.000000671. The molecule has 1 aromatic rings. The van der Waals surface area contributed by atoms with E-state index in [-0.39, 0.29) is 0 Å². The molecule has 0 N–H and O–H groups in total. The summed E-state index contributed by atoms with van der Waals surface area (Å²) in [5.74, 6) is 0.808. The molecule has 0 heterocycles. The van der Waals surface area contributed by atoms with Crippen molar-refractivity contribution in [1.29, 1.82) is 0 Å². The molecule has 1 nitrogen and oxygen atoms in total. The van der Waals surface area contributed by atoms with E-state index in [4.69, 9.17) is 4.74 Å². The van der Waals surface area contributed by atoms with E-state index >= 15 is 0 Å². The average molecular weight is 184 g/mol. The van der Waals surface area contributed by atoms with Crippen molar-refractivity contribution in [3.63, 3.8) is 0 Å². The Morgan fingerprint density at radius 3 is 2.31 bits per heavy atom. The van der Waals surface area contributed by atoms with Crippen molar-refractivity contribution < 1.29 is 9.13 Å². The van der Waals surface area contributed by atoms with Crippen LogP contribution in [0, 0.1) is 6.92 Å². The summed E-state index contributed by atoms with van der Waals surface area (Å²) in [6, 6.07) is 5.30. The van der Waals surface area contributed by atoms with Gasteiger partial charge in [-0.1, -0.05) is 19.9 Å². The topological polar surface area (TPSA) is 9.23 Å². The van der Waals surface area contributed by atoms with Crippen LogP contribution in [0.3, 0.4) is 0 Å². The molecule has 0 aliphatic rings. The van der Waals surface area contributed by atoms with Gasteiger partial charge < -0.3 is 4.74 Å². The monoisotopic (exact) mass is 184 g/mol. The van der Waals surface area contributed by atoms with E-state index < -0.39 is 6.67 Å². The van der Waals surface area contributed by atoms with Gasteiger partial charge in [-0.2, -0.15) is 0 Å². The van der Waals surface area contributed by atoms with E-state index in [9.17, 15) is 4.39 Å². The first-order valence-electron chi connectivity index (χ1n) is 4.47. The fourth-order valence-corrected chi connectivity index (χ4v) is 1.02. The van der Waals surface area contributed by atoms with Crippen molar-refractivity contribution in [2.75, 3.05) is 7.11 Å². The first-order valence-corrected chi connectivity index (χ1v) is 4.47. The molecule has 0 radical (unpaired) electrons. The molecular formula is C11H17FO. The number of rotatable bonds is 2. The van der Waals surface area contributed by atoms with E-state index in [0.717, 1.165) is 11.3 Å². The van der Waals surface area contributed by atoms with E-state index in [1.807, 2.05) is 20.8 Å². The molecule has 0 saturated carbocycles. The third-order valence-corrected chi connectivity index (χ3v) is 1.61. The molecular weight excluding hydrogens is 167 g/mol. The molecule has 0 aliphatic heterocycles. The number of hydrogen-bond donors (Lipinski definition) is 0. The Labute approximate surface area is 79.5 Å². The molecule has 0 spiro atoms. The predicted molar refractivity (Wildman–Crippen MR) is 53.9 cm³/mol. The largest absolute Gasteiger partial charge is 0.496 e. The van der Waals surface area contributed by atoms with Crippen molar-refractivity contribution in [3.05, 3.63) is 29.3 Å². The zero-order valence-electron chi connectivity index (χ0n) is 8.73. The zero-order chi connectivity index (χ0) is 10.3. The quantitative estimate of drug-likeness (QED) is 0.683. The minimum Gasteiger partial charge on any atom is -0.496 e. The van der Waals surface area contributed by atoms with Crippen LogP contribution in [0.5, 0.6) is 5.75 Å². The Kier molecular flexibility index (Phi) is 5.94. The summed E-state index contributed by atoms with van der Waals surface area (Å²) in [6.07, 6.45) is 0. The second-order valence-electron chi connectivity index (χ2n) is 2.44. The number of halogens is 1. The Hall–Kier alpha value is -1.05. The molecule has 0 aromatic heterocycles. The van der Waals surface area contributed by atoms with Gasteiger partial charge in [0, 0.05) is 0 Å². The molecule has 0 amide bonds. The summed E-state index contributed by atoms with van der Waals surface area (Å²) in [5.41, 5.74) is 1.67. The fourth-order valence-electron chi connectivity index (χ4n) is 1.02. The van der Waals surface area contributed by atoms with Gasteiger partial charge in [-0.3, -0.25) is 0 Å². The summed E-state index contributed by atoms with van der Waals surface area (Å²) in [5, 5.41) is 0. The molecule has 0 unspecified atom stereocenters. The standard InChI is InChI=1S/C9H11FO.C2H6/c1-7-5-8(6-10)3-4-9(7)11-2;1-2/h3-5H,6H2,1-2H3;1-2H3. The lowest BCUT2D eigenvalue weighted by Crippen LogP contribution is -1.88. The van der Waals surface area contributed by atoms with Crippen LogP contribution < -0.4 is 4.74 Å². The highest BCUT2D eigenvalue weighted by Crippen LogP contribution is 2.18. The number of hydrogen-bond acceptors (Lipinski definition) is 1. The first kappa shape index (κ1) is 11.9. The van der Waals surface area contributed by atoms with Gasteiger partial charge in [0.1, 0.15) is 12.4 Å². The minimum absolute atomic E-state index is 0.412. The van der Waals surface area contributed by atoms with Crippen molar-refractivity contribution in [1.82, 2.24) is 0 Å². The molecule has 0 aliphatic carbocycles. The van der Waals surface area contributed by atoms with Crippen LogP contribution in [0.15, 0.2) is 18.2 Å². The lowest BCUT2D eigenvalue weighted by molar-refractivity contribution is 0.410. The fraction of sp³-hybridized carbons (Fsp3) is 0.455. The van der Waals surface area contributed by atoms with Crippen LogP contribution in [0.4, 0.5) is 4.39 Å². The smallest absolute Gasteiger partial charge is 0.121 e. The molecule has 0 fully saturated rings. The van der Waals surface area contributed by atoms with Crippen LogP contribution in [0.1, 0.15) is 25.0 Å². The third-order valence-electron chi connectivity index (χ3n) is 1.61. The summed E-state index contributed by atoms with van der Waals surface area (Å²) >= 11 is 0. The molecule has 1 rings (SSSR count). The molecule has 0 atom stereocenters. The van der Waals surface area contributed by atoms with Gasteiger partial charge in [0.15, 0.2) is 0 Å². The Bertz CT molecular complexity index is 246. The van der Waals surface area contributed by atoms with Crippen molar-refractivity contribution in [2.24, 2.45) is 0 Å². The Morgan fingerprint density at radius 1 is 1.31 bits per heavy atom. The molecule has 0 saturated heterocycles. The molecule has 13 heavy (non-hydrogen) atoms. The van der Waals surface area contributed by atoms with Crippen LogP contribution in [-0.2, 0) is 6.67 Å². The van der Waals surface area contributed by atoms with Gasteiger partial charge in [0.05, 0.1) is 7.11 Å². The van der Waals surface area contributed by atoms with E-state index in [1.54, 1.807) is 25.3 Å². The Morgan fingerprint density at radius 2 is 1.92 bits per heavy atom. The highest BCUT2D eigenvalue weighted by atomic mass is 19.1. The van der Waals surface area contributed by atoms with Gasteiger partial charge in [-0.25, -0.2) is 4.39 Å². The molecule has 2 heteroatoms. The number of alkyl halides is 1.